The molecule has 0 saturated carbocycles. The lowest BCUT2D eigenvalue weighted by Gasteiger charge is -2.19. The van der Waals surface area contributed by atoms with Crippen molar-refractivity contribution in [1.29, 1.82) is 0 Å². The van der Waals surface area contributed by atoms with E-state index in [1.165, 1.54) is 26.8 Å². The average Bonchev–Trinajstić information content (AvgIpc) is 2.87. The number of benzene rings is 2. The number of fused-ring (bicyclic) bond motifs is 1. The van der Waals surface area contributed by atoms with E-state index in [4.69, 9.17) is 0 Å². The summed E-state index contributed by atoms with van der Waals surface area (Å²) in [5.41, 5.74) is 3.96. The van der Waals surface area contributed by atoms with Crippen LogP contribution in [-0.2, 0) is 0 Å². The van der Waals surface area contributed by atoms with Gasteiger partial charge < -0.3 is 5.32 Å². The molecule has 1 unspecified atom stereocenters. The first kappa shape index (κ1) is 14.8. The smallest absolute Gasteiger partial charge is 0.0591 e. The Hall–Kier alpha value is -1.16. The molecule has 0 radical (unpaired) electrons. The molecule has 0 bridgehead atoms. The summed E-state index contributed by atoms with van der Waals surface area (Å²) in [5.74, 6) is 0. The van der Waals surface area contributed by atoms with Gasteiger partial charge in [-0.3, -0.25) is 0 Å². The molecule has 0 aliphatic rings. The molecule has 0 aliphatic heterocycles. The molecule has 3 rings (SSSR count). The molecule has 1 aromatic heterocycles. The topological polar surface area (TPSA) is 12.0 Å². The largest absolute Gasteiger partial charge is 0.306 e. The van der Waals surface area contributed by atoms with E-state index in [-0.39, 0.29) is 6.04 Å². The third kappa shape index (κ3) is 3.05. The van der Waals surface area contributed by atoms with Crippen LogP contribution in [0.25, 0.3) is 10.1 Å². The highest BCUT2D eigenvalue weighted by molar-refractivity contribution is 9.10. The summed E-state index contributed by atoms with van der Waals surface area (Å²) < 4.78 is 2.49. The van der Waals surface area contributed by atoms with Crippen LogP contribution in [0.15, 0.2) is 52.3 Å². The first-order chi connectivity index (χ1) is 10.2. The summed E-state index contributed by atoms with van der Waals surface area (Å²) in [6, 6.07) is 15.5. The zero-order valence-electron chi connectivity index (χ0n) is 12.2. The Morgan fingerprint density at radius 3 is 2.76 bits per heavy atom. The predicted molar refractivity (Wildman–Crippen MR) is 96.2 cm³/mol. The molecule has 1 heterocycles. The molecule has 21 heavy (non-hydrogen) atoms. The minimum atomic E-state index is 0.238. The van der Waals surface area contributed by atoms with Crippen molar-refractivity contribution < 1.29 is 0 Å². The van der Waals surface area contributed by atoms with E-state index in [0.29, 0.717) is 0 Å². The van der Waals surface area contributed by atoms with Crippen molar-refractivity contribution in [2.45, 2.75) is 19.9 Å². The molecule has 0 amide bonds. The SMILES string of the molecule is CCNC(c1cc(C)cc(Br)c1)c1csc2ccccc12. The summed E-state index contributed by atoms with van der Waals surface area (Å²) >= 11 is 5.44. The summed E-state index contributed by atoms with van der Waals surface area (Å²) in [5, 5.41) is 7.27. The van der Waals surface area contributed by atoms with Crippen LogP contribution in [0.4, 0.5) is 0 Å². The quantitative estimate of drug-likeness (QED) is 0.632. The Balaban J connectivity index is 2.13. The molecule has 1 N–H and O–H groups in total. The second-order valence-corrected chi connectivity index (χ2v) is 7.07. The van der Waals surface area contributed by atoms with Crippen LogP contribution in [0, 0.1) is 6.92 Å². The first-order valence-electron chi connectivity index (χ1n) is 7.15. The van der Waals surface area contributed by atoms with Gasteiger partial charge in [-0.1, -0.05) is 47.1 Å². The third-order valence-electron chi connectivity index (χ3n) is 3.63. The average molecular weight is 360 g/mol. The fraction of sp³-hybridized carbons (Fsp3) is 0.222. The van der Waals surface area contributed by atoms with Gasteiger partial charge in [-0.2, -0.15) is 0 Å². The molecule has 1 atom stereocenters. The van der Waals surface area contributed by atoms with Gasteiger partial charge in [-0.15, -0.1) is 11.3 Å². The highest BCUT2D eigenvalue weighted by Crippen LogP contribution is 2.34. The van der Waals surface area contributed by atoms with Gasteiger partial charge in [-0.25, -0.2) is 0 Å². The zero-order valence-corrected chi connectivity index (χ0v) is 14.6. The maximum atomic E-state index is 3.63. The predicted octanol–water partition coefficient (Wildman–Crippen LogP) is 5.67. The summed E-state index contributed by atoms with van der Waals surface area (Å²) in [6.07, 6.45) is 0. The third-order valence-corrected chi connectivity index (χ3v) is 5.07. The number of rotatable bonds is 4. The summed E-state index contributed by atoms with van der Waals surface area (Å²) in [6.45, 7) is 5.25. The highest BCUT2D eigenvalue weighted by Gasteiger charge is 2.17. The number of aryl methyl sites for hydroxylation is 1. The Labute approximate surface area is 138 Å². The van der Waals surface area contributed by atoms with Crippen molar-refractivity contribution in [2.24, 2.45) is 0 Å². The Bertz CT molecular complexity index is 743. The minimum Gasteiger partial charge on any atom is -0.306 e. The van der Waals surface area contributed by atoms with Gasteiger partial charge >= 0.3 is 0 Å². The van der Waals surface area contributed by atoms with Crippen molar-refractivity contribution >= 4 is 37.4 Å². The van der Waals surface area contributed by atoms with Gasteiger partial charge in [0.15, 0.2) is 0 Å². The van der Waals surface area contributed by atoms with Crippen molar-refractivity contribution in [1.82, 2.24) is 5.32 Å². The normalized spacial score (nSPS) is 12.7. The Kier molecular flexibility index (Phi) is 4.43. The molecule has 0 spiro atoms. The molecule has 3 aromatic rings. The zero-order chi connectivity index (χ0) is 14.8. The monoisotopic (exact) mass is 359 g/mol. The molecular formula is C18H18BrNS. The van der Waals surface area contributed by atoms with Crippen molar-refractivity contribution in [2.75, 3.05) is 6.54 Å². The van der Waals surface area contributed by atoms with Gasteiger partial charge in [0.2, 0.25) is 0 Å². The van der Waals surface area contributed by atoms with Crippen LogP contribution in [0.2, 0.25) is 0 Å². The second kappa shape index (κ2) is 6.30. The molecule has 3 heteroatoms. The Morgan fingerprint density at radius 1 is 1.19 bits per heavy atom. The molecule has 2 aromatic carbocycles. The maximum Gasteiger partial charge on any atom is 0.0591 e. The van der Waals surface area contributed by atoms with Crippen LogP contribution >= 0.6 is 27.3 Å². The number of hydrogen-bond donors (Lipinski definition) is 1. The summed E-state index contributed by atoms with van der Waals surface area (Å²) in [7, 11) is 0. The fourth-order valence-electron chi connectivity index (χ4n) is 2.76. The van der Waals surface area contributed by atoms with Gasteiger partial charge in [0.1, 0.15) is 0 Å². The van der Waals surface area contributed by atoms with Crippen molar-refractivity contribution in [3.63, 3.8) is 0 Å². The molecular weight excluding hydrogens is 342 g/mol. The number of halogens is 1. The summed E-state index contributed by atoms with van der Waals surface area (Å²) in [4.78, 5) is 0. The van der Waals surface area contributed by atoms with E-state index in [9.17, 15) is 0 Å². The van der Waals surface area contributed by atoms with Crippen molar-refractivity contribution in [3.05, 3.63) is 69.0 Å². The molecule has 108 valence electrons. The van der Waals surface area contributed by atoms with Crippen LogP contribution < -0.4 is 5.32 Å². The van der Waals surface area contributed by atoms with Crippen molar-refractivity contribution in [3.8, 4) is 0 Å². The van der Waals surface area contributed by atoms with Crippen LogP contribution in [0.1, 0.15) is 29.7 Å². The lowest BCUT2D eigenvalue weighted by Crippen LogP contribution is -2.21. The first-order valence-corrected chi connectivity index (χ1v) is 8.83. The number of hydrogen-bond acceptors (Lipinski definition) is 2. The van der Waals surface area contributed by atoms with E-state index < -0.39 is 0 Å². The van der Waals surface area contributed by atoms with E-state index in [2.05, 4.69) is 82.9 Å². The molecule has 0 aliphatic carbocycles. The van der Waals surface area contributed by atoms with Crippen LogP contribution in [0.5, 0.6) is 0 Å². The van der Waals surface area contributed by atoms with Gasteiger partial charge in [0.25, 0.3) is 0 Å². The Morgan fingerprint density at radius 2 is 2.00 bits per heavy atom. The van der Waals surface area contributed by atoms with Crippen LogP contribution in [0.3, 0.4) is 0 Å². The molecule has 0 fully saturated rings. The standard InChI is InChI=1S/C18H18BrNS/c1-3-20-18(13-8-12(2)9-14(19)10-13)16-11-21-17-7-5-4-6-15(16)17/h4-11,18,20H,3H2,1-2H3. The second-order valence-electron chi connectivity index (χ2n) is 5.24. The fourth-order valence-corrected chi connectivity index (χ4v) is 4.38. The van der Waals surface area contributed by atoms with Gasteiger partial charge in [-0.05, 0) is 59.1 Å². The number of nitrogens with one attached hydrogen (secondary N) is 1. The highest BCUT2D eigenvalue weighted by atomic mass is 79.9. The van der Waals surface area contributed by atoms with Crippen LogP contribution in [-0.4, -0.2) is 6.54 Å². The minimum absolute atomic E-state index is 0.238. The van der Waals surface area contributed by atoms with E-state index in [1.54, 1.807) is 0 Å². The lowest BCUT2D eigenvalue weighted by molar-refractivity contribution is 0.635. The van der Waals surface area contributed by atoms with Gasteiger partial charge in [0, 0.05) is 9.17 Å². The molecule has 1 nitrogen and oxygen atoms in total. The molecule has 0 saturated heterocycles. The van der Waals surface area contributed by atoms with E-state index in [1.807, 2.05) is 11.3 Å². The maximum absolute atomic E-state index is 3.63. The van der Waals surface area contributed by atoms with E-state index >= 15 is 0 Å². The van der Waals surface area contributed by atoms with E-state index in [0.717, 1.165) is 11.0 Å². The number of thiophene rings is 1. The lowest BCUT2D eigenvalue weighted by atomic mass is 9.97. The van der Waals surface area contributed by atoms with Gasteiger partial charge in [0.05, 0.1) is 6.04 Å².